The first kappa shape index (κ1) is 23.4. The lowest BCUT2D eigenvalue weighted by atomic mass is 9.93. The quantitative estimate of drug-likeness (QED) is 0.366. The third kappa shape index (κ3) is 3.53. The Hall–Kier alpha value is -4.67. The van der Waals surface area contributed by atoms with Gasteiger partial charge in [-0.3, -0.25) is 18.4 Å². The first-order valence-electron chi connectivity index (χ1n) is 12.9. The molecule has 0 spiro atoms. The molecule has 4 aromatic heterocycles. The molecule has 2 aromatic carbocycles. The van der Waals surface area contributed by atoms with Crippen molar-refractivity contribution in [2.45, 2.75) is 25.3 Å². The molecule has 6 aromatic rings. The fourth-order valence-corrected chi connectivity index (χ4v) is 5.53. The van der Waals surface area contributed by atoms with Crippen molar-refractivity contribution in [2.24, 2.45) is 28.2 Å². The van der Waals surface area contributed by atoms with Crippen LogP contribution in [0.4, 0.5) is 10.1 Å². The normalized spacial score (nSPS) is 14.0. The number of fused-ring (bicyclic) bond motifs is 2. The fraction of sp³-hybridized carbons (Fsp3) is 0.286. The highest BCUT2D eigenvalue weighted by atomic mass is 19.1. The molecule has 7 rings (SSSR count). The lowest BCUT2D eigenvalue weighted by Gasteiger charge is -2.28. The Morgan fingerprint density at radius 2 is 1.82 bits per heavy atom. The van der Waals surface area contributed by atoms with Gasteiger partial charge in [0.05, 0.1) is 52.2 Å². The summed E-state index contributed by atoms with van der Waals surface area (Å²) in [5, 5.41) is 7.86. The molecule has 0 atom stereocenters. The maximum Gasteiger partial charge on any atom is 0.328 e. The van der Waals surface area contributed by atoms with Crippen LogP contribution in [0.2, 0.25) is 0 Å². The summed E-state index contributed by atoms with van der Waals surface area (Å²) >= 11 is 0. The summed E-state index contributed by atoms with van der Waals surface area (Å²) in [6, 6.07) is 7.65. The Kier molecular flexibility index (Phi) is 5.06. The van der Waals surface area contributed by atoms with Crippen molar-refractivity contribution < 1.29 is 4.39 Å². The smallest absolute Gasteiger partial charge is 0.328 e. The van der Waals surface area contributed by atoms with Crippen molar-refractivity contribution in [1.29, 1.82) is 0 Å². The molecule has 0 unspecified atom stereocenters. The minimum Gasteiger partial charge on any atom is -0.381 e. The molecule has 1 aliphatic carbocycles. The van der Waals surface area contributed by atoms with Crippen LogP contribution >= 0.6 is 0 Å². The van der Waals surface area contributed by atoms with Crippen LogP contribution in [0.1, 0.15) is 19.3 Å². The average Bonchev–Trinajstić information content (AvgIpc) is 3.64. The molecule has 0 amide bonds. The number of imidazole rings is 3. The largest absolute Gasteiger partial charge is 0.381 e. The fourth-order valence-electron chi connectivity index (χ4n) is 5.53. The van der Waals surface area contributed by atoms with Gasteiger partial charge in [-0.15, -0.1) is 0 Å². The molecule has 0 bridgehead atoms. The first-order chi connectivity index (χ1) is 18.8. The van der Waals surface area contributed by atoms with Crippen LogP contribution in [0.15, 0.2) is 54.0 Å². The number of aromatic nitrogens is 8. The lowest BCUT2D eigenvalue weighted by molar-refractivity contribution is 0.446. The summed E-state index contributed by atoms with van der Waals surface area (Å²) in [6.45, 7) is 0. The van der Waals surface area contributed by atoms with E-state index in [4.69, 9.17) is 4.98 Å². The van der Waals surface area contributed by atoms with Crippen LogP contribution in [0.5, 0.6) is 0 Å². The minimum atomic E-state index is -0.366. The SMILES string of the molecule is Cn1cc(-c2cc3nc(-c4cncn4C)n(-c4cc(NC5CCC5)c5c(c4)n(C)c(=O)n5C)c3cc2F)cn1. The molecule has 1 saturated carbocycles. The molecule has 0 aliphatic heterocycles. The van der Waals surface area contributed by atoms with Gasteiger partial charge in [-0.05, 0) is 37.5 Å². The van der Waals surface area contributed by atoms with E-state index in [9.17, 15) is 4.79 Å². The van der Waals surface area contributed by atoms with Gasteiger partial charge in [0, 0.05) is 57.6 Å². The van der Waals surface area contributed by atoms with Gasteiger partial charge in [-0.25, -0.2) is 19.2 Å². The highest BCUT2D eigenvalue weighted by Crippen LogP contribution is 2.36. The zero-order chi connectivity index (χ0) is 27.0. The highest BCUT2D eigenvalue weighted by Gasteiger charge is 2.24. The summed E-state index contributed by atoms with van der Waals surface area (Å²) in [5.41, 5.74) is 6.33. The molecule has 1 fully saturated rings. The monoisotopic (exact) mass is 525 g/mol. The second-order valence-electron chi connectivity index (χ2n) is 10.4. The molecule has 39 heavy (non-hydrogen) atoms. The number of aryl methyl sites for hydroxylation is 4. The molecule has 1 aliphatic rings. The van der Waals surface area contributed by atoms with Crippen LogP contribution in [0.3, 0.4) is 0 Å². The number of hydrogen-bond acceptors (Lipinski definition) is 5. The molecule has 0 radical (unpaired) electrons. The second kappa shape index (κ2) is 8.42. The van der Waals surface area contributed by atoms with E-state index in [0.29, 0.717) is 34.0 Å². The number of anilines is 1. The lowest BCUT2D eigenvalue weighted by Crippen LogP contribution is -2.27. The average molecular weight is 526 g/mol. The van der Waals surface area contributed by atoms with Gasteiger partial charge in [0.1, 0.15) is 11.5 Å². The Morgan fingerprint density at radius 3 is 2.49 bits per heavy atom. The van der Waals surface area contributed by atoms with Gasteiger partial charge >= 0.3 is 5.69 Å². The van der Waals surface area contributed by atoms with E-state index < -0.39 is 0 Å². The maximum atomic E-state index is 15.7. The summed E-state index contributed by atoms with van der Waals surface area (Å²) in [5.74, 6) is 0.261. The maximum absolute atomic E-state index is 15.7. The summed E-state index contributed by atoms with van der Waals surface area (Å²) in [7, 11) is 7.27. The van der Waals surface area contributed by atoms with Crippen molar-refractivity contribution in [3.8, 4) is 28.3 Å². The van der Waals surface area contributed by atoms with Gasteiger partial charge in [0.2, 0.25) is 0 Å². The van der Waals surface area contributed by atoms with E-state index in [-0.39, 0.29) is 11.5 Å². The van der Waals surface area contributed by atoms with Crippen molar-refractivity contribution in [3.05, 3.63) is 65.5 Å². The number of rotatable bonds is 5. The Bertz CT molecular complexity index is 1960. The topological polar surface area (TPSA) is 92.4 Å². The van der Waals surface area contributed by atoms with Crippen LogP contribution in [-0.2, 0) is 28.2 Å². The molecular formula is C28H28FN9O. The van der Waals surface area contributed by atoms with Gasteiger partial charge in [-0.1, -0.05) is 0 Å². The van der Waals surface area contributed by atoms with Gasteiger partial charge in [-0.2, -0.15) is 5.10 Å². The minimum absolute atomic E-state index is 0.103. The molecular weight excluding hydrogens is 497 g/mol. The third-order valence-corrected chi connectivity index (χ3v) is 7.87. The number of benzene rings is 2. The molecule has 198 valence electrons. The van der Waals surface area contributed by atoms with Gasteiger partial charge < -0.3 is 9.88 Å². The summed E-state index contributed by atoms with van der Waals surface area (Å²) in [4.78, 5) is 22.2. The predicted octanol–water partition coefficient (Wildman–Crippen LogP) is 4.12. The van der Waals surface area contributed by atoms with E-state index in [1.807, 2.05) is 28.3 Å². The van der Waals surface area contributed by atoms with Crippen LogP contribution in [0, 0.1) is 5.82 Å². The van der Waals surface area contributed by atoms with E-state index in [1.165, 1.54) is 12.5 Å². The van der Waals surface area contributed by atoms with Crippen molar-refractivity contribution in [3.63, 3.8) is 0 Å². The molecule has 4 heterocycles. The number of hydrogen-bond donors (Lipinski definition) is 1. The van der Waals surface area contributed by atoms with Crippen molar-refractivity contribution in [2.75, 3.05) is 5.32 Å². The first-order valence-corrected chi connectivity index (χ1v) is 12.9. The van der Waals surface area contributed by atoms with Crippen LogP contribution in [0.25, 0.3) is 50.4 Å². The molecule has 10 nitrogen and oxygen atoms in total. The Labute approximate surface area is 222 Å². The van der Waals surface area contributed by atoms with Crippen molar-refractivity contribution in [1.82, 2.24) is 38.0 Å². The van der Waals surface area contributed by atoms with Gasteiger partial charge in [0.25, 0.3) is 0 Å². The predicted molar refractivity (Wildman–Crippen MR) is 148 cm³/mol. The highest BCUT2D eigenvalue weighted by molar-refractivity contribution is 5.94. The van der Waals surface area contributed by atoms with E-state index in [1.54, 1.807) is 65.9 Å². The zero-order valence-electron chi connectivity index (χ0n) is 22.2. The molecule has 11 heteroatoms. The third-order valence-electron chi connectivity index (χ3n) is 7.87. The molecule has 1 N–H and O–H groups in total. The Morgan fingerprint density at radius 1 is 1.00 bits per heavy atom. The summed E-state index contributed by atoms with van der Waals surface area (Å²) in [6.07, 6.45) is 10.3. The van der Waals surface area contributed by atoms with E-state index >= 15 is 4.39 Å². The Balaban J connectivity index is 1.53. The standard InChI is InChI=1S/C28H28FN9O/c1-34-15-30-13-25(34)27-33-21-10-19(16-12-31-35(2)14-16)20(29)11-23(21)38(27)18-8-22(32-17-6-5-7-17)26-24(9-18)36(3)28(39)37(26)4/h8-15,17,32H,5-7H2,1-4H3. The number of nitrogens with zero attached hydrogens (tertiary/aromatic N) is 8. The number of halogens is 1. The van der Waals surface area contributed by atoms with Crippen LogP contribution in [-0.4, -0.2) is 44.1 Å². The molecule has 0 saturated heterocycles. The van der Waals surface area contributed by atoms with Crippen LogP contribution < -0.4 is 11.0 Å². The zero-order valence-corrected chi connectivity index (χ0v) is 22.2. The number of nitrogens with one attached hydrogen (secondary N) is 1. The van der Waals surface area contributed by atoms with Gasteiger partial charge in [0.15, 0.2) is 5.82 Å². The second-order valence-corrected chi connectivity index (χ2v) is 10.4. The van der Waals surface area contributed by atoms with E-state index in [2.05, 4.69) is 15.4 Å². The van der Waals surface area contributed by atoms with Crippen molar-refractivity contribution >= 4 is 27.8 Å². The van der Waals surface area contributed by atoms with E-state index in [0.717, 1.165) is 40.9 Å². The summed E-state index contributed by atoms with van der Waals surface area (Å²) < 4.78 is 24.5.